The number of nitrogens with one attached hydrogen (secondary N) is 2. The number of rotatable bonds is 6. The summed E-state index contributed by atoms with van der Waals surface area (Å²) >= 11 is 0. The van der Waals surface area contributed by atoms with Crippen molar-refractivity contribution in [2.45, 2.75) is 31.6 Å². The maximum Gasteiger partial charge on any atom is 0.236 e. The van der Waals surface area contributed by atoms with Crippen LogP contribution in [0.15, 0.2) is 10.6 Å². The predicted molar refractivity (Wildman–Crippen MR) is 92.4 cm³/mol. The van der Waals surface area contributed by atoms with Gasteiger partial charge in [0.05, 0.1) is 24.3 Å². The Kier molecular flexibility index (Phi) is 6.80. The normalized spacial score (nSPS) is 26.0. The summed E-state index contributed by atoms with van der Waals surface area (Å²) in [5.74, 6) is 0.238. The van der Waals surface area contributed by atoms with Gasteiger partial charge in [0.1, 0.15) is 5.76 Å². The second-order valence-electron chi connectivity index (χ2n) is 6.67. The highest BCUT2D eigenvalue weighted by molar-refractivity contribution is 5.87. The summed E-state index contributed by atoms with van der Waals surface area (Å²) < 4.78 is 10.9. The molecule has 3 rings (SSSR count). The van der Waals surface area contributed by atoms with E-state index in [0.717, 1.165) is 38.1 Å². The summed E-state index contributed by atoms with van der Waals surface area (Å²) in [7, 11) is 0. The van der Waals surface area contributed by atoms with Crippen LogP contribution >= 0.6 is 12.4 Å². The minimum Gasteiger partial charge on any atom is -0.381 e. The molecule has 0 aromatic carbocycles. The smallest absolute Gasteiger partial charge is 0.236 e. The summed E-state index contributed by atoms with van der Waals surface area (Å²) in [5, 5.41) is 10.1. The lowest BCUT2D eigenvalue weighted by molar-refractivity contribution is -0.134. The van der Waals surface area contributed by atoms with Crippen LogP contribution in [0.3, 0.4) is 0 Å². The molecule has 140 valence electrons. The van der Waals surface area contributed by atoms with Crippen LogP contribution in [0, 0.1) is 5.41 Å². The maximum absolute atomic E-state index is 12.7. The van der Waals surface area contributed by atoms with Gasteiger partial charge in [-0.25, -0.2) is 0 Å². The number of primary amides is 1. The van der Waals surface area contributed by atoms with Crippen molar-refractivity contribution in [2.24, 2.45) is 11.1 Å². The number of piperidine rings is 1. The number of hydrogen-bond acceptors (Lipinski definition) is 6. The highest BCUT2D eigenvalue weighted by Crippen LogP contribution is 2.33. The average Bonchev–Trinajstić information content (AvgIpc) is 3.24. The molecule has 9 heteroatoms. The van der Waals surface area contributed by atoms with E-state index >= 15 is 0 Å². The van der Waals surface area contributed by atoms with Gasteiger partial charge in [-0.3, -0.25) is 9.59 Å². The van der Waals surface area contributed by atoms with Gasteiger partial charge in [0.2, 0.25) is 11.8 Å². The lowest BCUT2D eigenvalue weighted by atomic mass is 9.76. The molecule has 2 aliphatic heterocycles. The molecule has 0 aliphatic carbocycles. The average molecular weight is 373 g/mol. The van der Waals surface area contributed by atoms with Crippen LogP contribution in [0.2, 0.25) is 0 Å². The molecule has 1 aromatic rings. The van der Waals surface area contributed by atoms with Gasteiger partial charge >= 0.3 is 0 Å². The second kappa shape index (κ2) is 8.64. The number of amides is 2. The van der Waals surface area contributed by atoms with Crippen molar-refractivity contribution >= 4 is 24.2 Å². The Morgan fingerprint density at radius 2 is 2.32 bits per heavy atom. The van der Waals surface area contributed by atoms with Gasteiger partial charge in [-0.2, -0.15) is 0 Å². The van der Waals surface area contributed by atoms with E-state index in [-0.39, 0.29) is 30.8 Å². The Morgan fingerprint density at radius 1 is 1.48 bits per heavy atom. The van der Waals surface area contributed by atoms with Crippen LogP contribution in [-0.2, 0) is 20.7 Å². The predicted octanol–water partition coefficient (Wildman–Crippen LogP) is 0.114. The number of nitrogens with two attached hydrogens (primary N) is 1. The summed E-state index contributed by atoms with van der Waals surface area (Å²) in [4.78, 5) is 23.6. The van der Waals surface area contributed by atoms with Crippen molar-refractivity contribution in [3.8, 4) is 0 Å². The fraction of sp³-hybridized carbons (Fsp3) is 0.688. The molecule has 2 amide bonds. The van der Waals surface area contributed by atoms with Crippen LogP contribution in [0.4, 0.5) is 0 Å². The number of carbonyl (C=O) groups is 2. The van der Waals surface area contributed by atoms with Gasteiger partial charge in [0, 0.05) is 31.6 Å². The van der Waals surface area contributed by atoms with E-state index in [0.29, 0.717) is 25.3 Å². The van der Waals surface area contributed by atoms with E-state index in [2.05, 4.69) is 15.8 Å². The topological polar surface area (TPSA) is 119 Å². The number of aromatic nitrogens is 1. The van der Waals surface area contributed by atoms with Crippen LogP contribution in [0.25, 0.3) is 0 Å². The molecule has 3 heterocycles. The van der Waals surface area contributed by atoms with E-state index < -0.39 is 11.3 Å². The summed E-state index contributed by atoms with van der Waals surface area (Å²) in [6.45, 7) is 2.68. The Bertz CT molecular complexity index is 595. The standard InChI is InChI=1S/C16H24N4O4.ClH/c17-14(21)8-19-15(22)16(3-1-4-18-10-16)7-12-6-13(20-24-12)11-2-5-23-9-11;/h6,11,18H,1-5,7-10H2,(H2,17,21)(H,19,22);1H. The summed E-state index contributed by atoms with van der Waals surface area (Å²) in [5.41, 5.74) is 5.38. The number of nitrogens with zero attached hydrogens (tertiary/aromatic N) is 1. The largest absolute Gasteiger partial charge is 0.381 e. The third-order valence-electron chi connectivity index (χ3n) is 4.81. The van der Waals surface area contributed by atoms with Crippen molar-refractivity contribution in [1.29, 1.82) is 0 Å². The molecule has 2 atom stereocenters. The minimum absolute atomic E-state index is 0. The molecule has 2 unspecified atom stereocenters. The lowest BCUT2D eigenvalue weighted by Gasteiger charge is -2.35. The number of ether oxygens (including phenoxy) is 1. The van der Waals surface area contributed by atoms with E-state index in [4.69, 9.17) is 15.0 Å². The van der Waals surface area contributed by atoms with Crippen molar-refractivity contribution in [2.75, 3.05) is 32.8 Å². The van der Waals surface area contributed by atoms with E-state index in [1.165, 1.54) is 0 Å². The van der Waals surface area contributed by atoms with Gasteiger partial charge in [-0.15, -0.1) is 12.4 Å². The third kappa shape index (κ3) is 4.71. The van der Waals surface area contributed by atoms with Crippen LogP contribution in [0.1, 0.15) is 36.6 Å². The molecule has 8 nitrogen and oxygen atoms in total. The Labute approximate surface area is 152 Å². The van der Waals surface area contributed by atoms with Crippen molar-refractivity contribution in [3.05, 3.63) is 17.5 Å². The SMILES string of the molecule is Cl.NC(=O)CNC(=O)C1(Cc2cc(C3CCOC3)no2)CCCNC1. The zero-order valence-corrected chi connectivity index (χ0v) is 14.9. The number of halogens is 1. The zero-order chi connectivity index (χ0) is 17.0. The van der Waals surface area contributed by atoms with E-state index in [1.807, 2.05) is 6.07 Å². The Hall–Kier alpha value is -1.64. The second-order valence-corrected chi connectivity index (χ2v) is 6.67. The first-order valence-corrected chi connectivity index (χ1v) is 8.40. The molecule has 0 saturated carbocycles. The lowest BCUT2D eigenvalue weighted by Crippen LogP contribution is -2.53. The molecule has 2 aliphatic rings. The molecule has 4 N–H and O–H groups in total. The molecule has 1 aromatic heterocycles. The Balaban J connectivity index is 0.00000225. The monoisotopic (exact) mass is 372 g/mol. The molecule has 0 radical (unpaired) electrons. The number of carbonyl (C=O) groups excluding carboxylic acids is 2. The van der Waals surface area contributed by atoms with Gasteiger partial charge in [-0.1, -0.05) is 5.16 Å². The molecular weight excluding hydrogens is 348 g/mol. The first kappa shape index (κ1) is 19.7. The molecule has 0 spiro atoms. The van der Waals surface area contributed by atoms with Crippen LogP contribution in [0.5, 0.6) is 0 Å². The van der Waals surface area contributed by atoms with Crippen molar-refractivity contribution in [3.63, 3.8) is 0 Å². The number of hydrogen-bond donors (Lipinski definition) is 3. The molecule has 0 bridgehead atoms. The van der Waals surface area contributed by atoms with Gasteiger partial charge < -0.3 is 25.6 Å². The van der Waals surface area contributed by atoms with E-state index in [9.17, 15) is 9.59 Å². The highest BCUT2D eigenvalue weighted by Gasteiger charge is 2.41. The molecule has 2 fully saturated rings. The first-order chi connectivity index (χ1) is 11.6. The molecule has 2 saturated heterocycles. The minimum atomic E-state index is -0.642. The zero-order valence-electron chi connectivity index (χ0n) is 14.1. The van der Waals surface area contributed by atoms with Crippen LogP contribution in [-0.4, -0.2) is 49.8 Å². The van der Waals surface area contributed by atoms with E-state index in [1.54, 1.807) is 0 Å². The summed E-state index contributed by atoms with van der Waals surface area (Å²) in [6.07, 6.45) is 3.01. The third-order valence-corrected chi connectivity index (χ3v) is 4.81. The summed E-state index contributed by atoms with van der Waals surface area (Å²) in [6, 6.07) is 1.93. The van der Waals surface area contributed by atoms with Crippen LogP contribution < -0.4 is 16.4 Å². The van der Waals surface area contributed by atoms with Crippen molar-refractivity contribution in [1.82, 2.24) is 15.8 Å². The first-order valence-electron chi connectivity index (χ1n) is 8.40. The van der Waals surface area contributed by atoms with Gasteiger partial charge in [0.15, 0.2) is 0 Å². The highest BCUT2D eigenvalue weighted by atomic mass is 35.5. The molecular formula is C16H25ClN4O4. The fourth-order valence-corrected chi connectivity index (χ4v) is 3.45. The van der Waals surface area contributed by atoms with Gasteiger partial charge in [-0.05, 0) is 25.8 Å². The van der Waals surface area contributed by atoms with Crippen molar-refractivity contribution < 1.29 is 18.8 Å². The van der Waals surface area contributed by atoms with Gasteiger partial charge in [0.25, 0.3) is 0 Å². The quantitative estimate of drug-likeness (QED) is 0.652. The fourth-order valence-electron chi connectivity index (χ4n) is 3.45. The molecule has 25 heavy (non-hydrogen) atoms. The Morgan fingerprint density at radius 3 is 2.96 bits per heavy atom. The maximum atomic E-state index is 12.7.